The van der Waals surface area contributed by atoms with Crippen LogP contribution in [0.15, 0.2) is 59.6 Å². The molecule has 0 aliphatic heterocycles. The molecule has 1 aromatic heterocycles. The fourth-order valence-corrected chi connectivity index (χ4v) is 2.41. The zero-order valence-corrected chi connectivity index (χ0v) is 15.5. The van der Waals surface area contributed by atoms with Crippen LogP contribution in [0.1, 0.15) is 16.1 Å². The Balaban J connectivity index is 0.00000300. The second kappa shape index (κ2) is 8.65. The normalized spacial score (nSPS) is 10.7. The molecule has 0 bridgehead atoms. The summed E-state index contributed by atoms with van der Waals surface area (Å²) in [6.45, 7) is 0. The van der Waals surface area contributed by atoms with Gasteiger partial charge in [-0.15, -0.1) is 12.4 Å². The fourth-order valence-electron chi connectivity index (χ4n) is 2.41. The summed E-state index contributed by atoms with van der Waals surface area (Å²) in [5.41, 5.74) is 11.6. The van der Waals surface area contributed by atoms with E-state index in [1.807, 2.05) is 0 Å². The number of rotatable bonds is 4. The number of benzene rings is 2. The number of amides is 1. The third-order valence-corrected chi connectivity index (χ3v) is 3.69. The van der Waals surface area contributed by atoms with Crippen molar-refractivity contribution in [3.63, 3.8) is 0 Å². The number of guanidine groups is 1. The first-order valence-corrected chi connectivity index (χ1v) is 7.96. The van der Waals surface area contributed by atoms with Crippen molar-refractivity contribution in [2.24, 2.45) is 16.5 Å². The Morgan fingerprint density at radius 2 is 1.76 bits per heavy atom. The second-order valence-corrected chi connectivity index (χ2v) is 5.78. The van der Waals surface area contributed by atoms with Crippen molar-refractivity contribution >= 4 is 35.6 Å². The molecule has 0 atom stereocenters. The largest absolute Gasteiger partial charge is 0.416 e. The van der Waals surface area contributed by atoms with Crippen LogP contribution in [-0.2, 0) is 6.18 Å². The minimum atomic E-state index is -4.49. The van der Waals surface area contributed by atoms with Gasteiger partial charge in [0.1, 0.15) is 5.69 Å². The van der Waals surface area contributed by atoms with E-state index in [1.165, 1.54) is 18.2 Å². The van der Waals surface area contributed by atoms with Crippen molar-refractivity contribution < 1.29 is 18.0 Å². The Kier molecular flexibility index (Phi) is 6.49. The van der Waals surface area contributed by atoms with Crippen molar-refractivity contribution in [1.29, 1.82) is 0 Å². The highest BCUT2D eigenvalue weighted by Gasteiger charge is 2.30. The number of nitrogens with zero attached hydrogens (tertiary/aromatic N) is 2. The van der Waals surface area contributed by atoms with Gasteiger partial charge in [-0.25, -0.2) is 4.99 Å². The lowest BCUT2D eigenvalue weighted by Gasteiger charge is -2.09. The van der Waals surface area contributed by atoms with Gasteiger partial charge in [0.2, 0.25) is 0 Å². The minimum absolute atomic E-state index is 0. The van der Waals surface area contributed by atoms with Gasteiger partial charge in [0.15, 0.2) is 5.96 Å². The van der Waals surface area contributed by atoms with Gasteiger partial charge in [0, 0.05) is 11.3 Å². The van der Waals surface area contributed by atoms with E-state index in [4.69, 9.17) is 11.5 Å². The van der Waals surface area contributed by atoms with Crippen LogP contribution >= 0.6 is 12.4 Å². The zero-order valence-electron chi connectivity index (χ0n) is 14.7. The summed E-state index contributed by atoms with van der Waals surface area (Å²) in [4.78, 5) is 16.2. The maximum Gasteiger partial charge on any atom is 0.416 e. The van der Waals surface area contributed by atoms with E-state index in [0.717, 1.165) is 12.1 Å². The SMILES string of the molecule is Cl.NC(N)=Nc1ccc(-c2cc(C(=O)Nc3cccc(C(F)(F)F)c3)[nH]n2)cc1. The third-order valence-electron chi connectivity index (χ3n) is 3.69. The van der Waals surface area contributed by atoms with Gasteiger partial charge < -0.3 is 16.8 Å². The number of carbonyl (C=O) groups excluding carboxylic acids is 1. The van der Waals surface area contributed by atoms with E-state index in [2.05, 4.69) is 20.5 Å². The number of hydrogen-bond acceptors (Lipinski definition) is 3. The molecule has 6 N–H and O–H groups in total. The van der Waals surface area contributed by atoms with Crippen molar-refractivity contribution in [3.05, 3.63) is 65.9 Å². The highest BCUT2D eigenvalue weighted by Crippen LogP contribution is 2.30. The lowest BCUT2D eigenvalue weighted by molar-refractivity contribution is -0.137. The van der Waals surface area contributed by atoms with Crippen LogP contribution in [0.4, 0.5) is 24.5 Å². The number of hydrogen-bond donors (Lipinski definition) is 4. The average Bonchev–Trinajstić information content (AvgIpc) is 3.12. The number of carbonyl (C=O) groups is 1. The van der Waals surface area contributed by atoms with E-state index >= 15 is 0 Å². The van der Waals surface area contributed by atoms with Crippen LogP contribution in [0.2, 0.25) is 0 Å². The number of aromatic nitrogens is 2. The van der Waals surface area contributed by atoms with Crippen molar-refractivity contribution in [2.45, 2.75) is 6.18 Å². The maximum atomic E-state index is 12.8. The molecule has 3 aromatic rings. The van der Waals surface area contributed by atoms with Crippen LogP contribution in [0.25, 0.3) is 11.3 Å². The van der Waals surface area contributed by atoms with E-state index < -0.39 is 17.6 Å². The highest BCUT2D eigenvalue weighted by molar-refractivity contribution is 6.03. The molecule has 0 radical (unpaired) electrons. The minimum Gasteiger partial charge on any atom is -0.370 e. The first-order valence-electron chi connectivity index (χ1n) is 7.96. The predicted molar refractivity (Wildman–Crippen MR) is 106 cm³/mol. The third kappa shape index (κ3) is 5.48. The average molecular weight is 425 g/mol. The molecule has 11 heteroatoms. The molecule has 0 unspecified atom stereocenters. The number of aromatic amines is 1. The van der Waals surface area contributed by atoms with E-state index in [-0.39, 0.29) is 29.7 Å². The van der Waals surface area contributed by atoms with Gasteiger partial charge in [-0.1, -0.05) is 18.2 Å². The summed E-state index contributed by atoms with van der Waals surface area (Å²) in [7, 11) is 0. The Hall–Kier alpha value is -3.53. The van der Waals surface area contributed by atoms with Crippen molar-refractivity contribution in [2.75, 3.05) is 5.32 Å². The number of alkyl halides is 3. The molecule has 7 nitrogen and oxygen atoms in total. The highest BCUT2D eigenvalue weighted by atomic mass is 35.5. The molecule has 29 heavy (non-hydrogen) atoms. The van der Waals surface area contributed by atoms with Gasteiger partial charge >= 0.3 is 6.18 Å². The second-order valence-electron chi connectivity index (χ2n) is 5.78. The summed E-state index contributed by atoms with van der Waals surface area (Å²) in [5, 5.41) is 9.02. The number of nitrogens with two attached hydrogens (primary N) is 2. The molecule has 0 fully saturated rings. The lowest BCUT2D eigenvalue weighted by atomic mass is 10.1. The summed E-state index contributed by atoms with van der Waals surface area (Å²) < 4.78 is 38.3. The summed E-state index contributed by atoms with van der Waals surface area (Å²) in [6.07, 6.45) is -4.49. The summed E-state index contributed by atoms with van der Waals surface area (Å²) in [5.74, 6) is -0.684. The van der Waals surface area contributed by atoms with Crippen LogP contribution in [0, 0.1) is 0 Å². The van der Waals surface area contributed by atoms with E-state index in [0.29, 0.717) is 16.9 Å². The molecule has 3 rings (SSSR count). The Morgan fingerprint density at radius 3 is 2.38 bits per heavy atom. The monoisotopic (exact) mass is 424 g/mol. The predicted octanol–water partition coefficient (Wildman–Crippen LogP) is 3.67. The molecular weight excluding hydrogens is 409 g/mol. The molecule has 0 saturated heterocycles. The van der Waals surface area contributed by atoms with Gasteiger partial charge in [-0.05, 0) is 36.4 Å². The molecule has 0 aliphatic carbocycles. The van der Waals surface area contributed by atoms with Gasteiger partial charge in [-0.3, -0.25) is 9.89 Å². The number of H-pyrrole nitrogens is 1. The van der Waals surface area contributed by atoms with Crippen LogP contribution in [0.5, 0.6) is 0 Å². The van der Waals surface area contributed by atoms with Crippen LogP contribution < -0.4 is 16.8 Å². The van der Waals surface area contributed by atoms with Crippen molar-refractivity contribution in [3.8, 4) is 11.3 Å². The number of aliphatic imine (C=N–C) groups is 1. The Morgan fingerprint density at radius 1 is 1.07 bits per heavy atom. The zero-order chi connectivity index (χ0) is 20.3. The quantitative estimate of drug-likeness (QED) is 0.377. The number of halogens is 4. The van der Waals surface area contributed by atoms with E-state index in [9.17, 15) is 18.0 Å². The topological polar surface area (TPSA) is 122 Å². The molecule has 0 aliphatic rings. The molecule has 0 spiro atoms. The number of nitrogens with one attached hydrogen (secondary N) is 2. The molecule has 2 aromatic carbocycles. The van der Waals surface area contributed by atoms with Crippen LogP contribution in [-0.4, -0.2) is 22.1 Å². The molecule has 0 saturated carbocycles. The standard InChI is InChI=1S/C18H15F3N6O.ClH/c19-18(20,21)11-2-1-3-13(8-11)24-16(28)15-9-14(26-27-15)10-4-6-12(7-5-10)25-17(22)23;/h1-9H,(H,24,28)(H,26,27)(H4,22,23,25);1H. The Bertz CT molecular complexity index is 1030. The van der Waals surface area contributed by atoms with Crippen molar-refractivity contribution in [1.82, 2.24) is 10.2 Å². The van der Waals surface area contributed by atoms with Gasteiger partial charge in [0.05, 0.1) is 16.9 Å². The van der Waals surface area contributed by atoms with Crippen LogP contribution in [0.3, 0.4) is 0 Å². The molecule has 152 valence electrons. The molecule has 1 amide bonds. The first-order chi connectivity index (χ1) is 13.2. The van der Waals surface area contributed by atoms with Gasteiger partial charge in [-0.2, -0.15) is 18.3 Å². The Labute approximate surface area is 169 Å². The smallest absolute Gasteiger partial charge is 0.370 e. The number of anilines is 1. The summed E-state index contributed by atoms with van der Waals surface area (Å²) in [6, 6.07) is 12.6. The summed E-state index contributed by atoms with van der Waals surface area (Å²) >= 11 is 0. The maximum absolute atomic E-state index is 12.8. The fraction of sp³-hybridized carbons (Fsp3) is 0.0556. The molecular formula is C18H16ClF3N6O. The molecule has 1 heterocycles. The lowest BCUT2D eigenvalue weighted by Crippen LogP contribution is -2.21. The van der Waals surface area contributed by atoms with Gasteiger partial charge in [0.25, 0.3) is 5.91 Å². The first kappa shape index (κ1) is 21.8. The van der Waals surface area contributed by atoms with E-state index in [1.54, 1.807) is 24.3 Å².